The Kier molecular flexibility index (Phi) is 5.92. The molecule has 0 aliphatic rings. The van der Waals surface area contributed by atoms with E-state index in [1.165, 1.54) is 0 Å². The number of methoxy groups -OCH3 is 1. The number of benzene rings is 2. The van der Waals surface area contributed by atoms with Crippen LogP contribution in [0.1, 0.15) is 36.0 Å². The summed E-state index contributed by atoms with van der Waals surface area (Å²) in [5.41, 5.74) is 2.51. The molecule has 2 aromatic rings. The molecule has 2 aromatic carbocycles. The first-order chi connectivity index (χ1) is 11.1. The number of hydrogen-bond acceptors (Lipinski definition) is 3. The molecule has 0 aliphatic carbocycles. The zero-order valence-corrected chi connectivity index (χ0v) is 13.1. The number of para-hydroxylation sites is 1. The molecule has 0 fully saturated rings. The molecule has 0 atom stereocenters. The highest BCUT2D eigenvalue weighted by atomic mass is 16.5. The Hall–Kier alpha value is -2.62. The standard InChI is InChI=1S/C19H20O4/c1-23-18-11-4-2-9-16(18)14-7-6-8-15(13-14)17(20)10-3-5-12-19(21)22/h2,4,6-9,11,13H,3,5,10,12H2,1H3,(H,21,22). The molecule has 0 unspecified atom stereocenters. The number of Topliss-reactive ketones (excluding diaryl/α,β-unsaturated/α-hetero) is 1. The molecule has 4 nitrogen and oxygen atoms in total. The van der Waals surface area contributed by atoms with E-state index in [-0.39, 0.29) is 12.2 Å². The van der Waals surface area contributed by atoms with Crippen LogP contribution in [0.25, 0.3) is 11.1 Å². The SMILES string of the molecule is COc1ccccc1-c1cccc(C(=O)CCCCC(=O)O)c1. The Balaban J connectivity index is 2.10. The fourth-order valence-corrected chi connectivity index (χ4v) is 2.45. The van der Waals surface area contributed by atoms with Crippen LogP contribution < -0.4 is 4.74 Å². The molecule has 120 valence electrons. The minimum absolute atomic E-state index is 0.0344. The number of ether oxygens (including phenoxy) is 1. The van der Waals surface area contributed by atoms with E-state index in [1.807, 2.05) is 42.5 Å². The molecule has 4 heteroatoms. The normalized spacial score (nSPS) is 10.3. The zero-order chi connectivity index (χ0) is 16.7. The first-order valence-electron chi connectivity index (χ1n) is 7.60. The van der Waals surface area contributed by atoms with Crippen molar-refractivity contribution in [2.24, 2.45) is 0 Å². The van der Waals surface area contributed by atoms with Crippen LogP contribution in [0.5, 0.6) is 5.75 Å². The van der Waals surface area contributed by atoms with Gasteiger partial charge < -0.3 is 9.84 Å². The van der Waals surface area contributed by atoms with Gasteiger partial charge in [-0.1, -0.05) is 36.4 Å². The van der Waals surface area contributed by atoms with Crippen molar-refractivity contribution in [2.75, 3.05) is 7.11 Å². The van der Waals surface area contributed by atoms with Gasteiger partial charge in [0.1, 0.15) is 5.75 Å². The van der Waals surface area contributed by atoms with Crippen molar-refractivity contribution >= 4 is 11.8 Å². The third-order valence-corrected chi connectivity index (χ3v) is 3.65. The van der Waals surface area contributed by atoms with Gasteiger partial charge in [0, 0.05) is 24.0 Å². The Morgan fingerprint density at radius 1 is 1.00 bits per heavy atom. The van der Waals surface area contributed by atoms with E-state index in [0.29, 0.717) is 24.8 Å². The van der Waals surface area contributed by atoms with E-state index < -0.39 is 5.97 Å². The molecular weight excluding hydrogens is 292 g/mol. The Morgan fingerprint density at radius 3 is 2.48 bits per heavy atom. The number of aliphatic carboxylic acids is 1. The highest BCUT2D eigenvalue weighted by molar-refractivity contribution is 5.97. The van der Waals surface area contributed by atoms with Gasteiger partial charge in [0.25, 0.3) is 0 Å². The topological polar surface area (TPSA) is 63.6 Å². The van der Waals surface area contributed by atoms with Crippen molar-refractivity contribution in [1.82, 2.24) is 0 Å². The second-order valence-corrected chi connectivity index (χ2v) is 5.31. The lowest BCUT2D eigenvalue weighted by atomic mass is 9.98. The zero-order valence-electron chi connectivity index (χ0n) is 13.1. The van der Waals surface area contributed by atoms with Crippen LogP contribution in [0.4, 0.5) is 0 Å². The number of carboxylic acids is 1. The first kappa shape index (κ1) is 16.7. The number of hydrogen-bond donors (Lipinski definition) is 1. The molecule has 0 bridgehead atoms. The van der Waals surface area contributed by atoms with Gasteiger partial charge in [-0.15, -0.1) is 0 Å². The molecule has 2 rings (SSSR count). The van der Waals surface area contributed by atoms with Gasteiger partial charge in [-0.25, -0.2) is 0 Å². The van der Waals surface area contributed by atoms with E-state index in [9.17, 15) is 9.59 Å². The van der Waals surface area contributed by atoms with E-state index in [1.54, 1.807) is 13.2 Å². The molecule has 0 aliphatic heterocycles. The molecule has 0 radical (unpaired) electrons. The third-order valence-electron chi connectivity index (χ3n) is 3.65. The van der Waals surface area contributed by atoms with Crippen molar-refractivity contribution in [3.8, 4) is 16.9 Å². The van der Waals surface area contributed by atoms with Crippen molar-refractivity contribution in [2.45, 2.75) is 25.7 Å². The number of carbonyl (C=O) groups excluding carboxylic acids is 1. The third kappa shape index (κ3) is 4.68. The van der Waals surface area contributed by atoms with Gasteiger partial charge in [-0.3, -0.25) is 9.59 Å². The van der Waals surface area contributed by atoms with Crippen molar-refractivity contribution in [1.29, 1.82) is 0 Å². The molecule has 0 saturated carbocycles. The van der Waals surface area contributed by atoms with E-state index in [0.717, 1.165) is 16.9 Å². The number of carbonyl (C=O) groups is 2. The molecule has 1 N–H and O–H groups in total. The molecule has 0 amide bonds. The fourth-order valence-electron chi connectivity index (χ4n) is 2.45. The Labute approximate surface area is 135 Å². The van der Waals surface area contributed by atoms with Gasteiger partial charge in [-0.05, 0) is 30.5 Å². The second-order valence-electron chi connectivity index (χ2n) is 5.31. The first-order valence-corrected chi connectivity index (χ1v) is 7.60. The van der Waals surface area contributed by atoms with Crippen LogP contribution in [-0.2, 0) is 4.79 Å². The minimum atomic E-state index is -0.824. The maximum absolute atomic E-state index is 12.2. The van der Waals surface area contributed by atoms with Crippen molar-refractivity contribution < 1.29 is 19.4 Å². The van der Waals surface area contributed by atoms with Crippen LogP contribution in [-0.4, -0.2) is 24.0 Å². The lowest BCUT2D eigenvalue weighted by molar-refractivity contribution is -0.137. The largest absolute Gasteiger partial charge is 0.496 e. The van der Waals surface area contributed by atoms with Crippen LogP contribution in [0.3, 0.4) is 0 Å². The number of ketones is 1. The maximum Gasteiger partial charge on any atom is 0.303 e. The fraction of sp³-hybridized carbons (Fsp3) is 0.263. The summed E-state index contributed by atoms with van der Waals surface area (Å²) in [6, 6.07) is 15.1. The summed E-state index contributed by atoms with van der Waals surface area (Å²) in [5.74, 6) is -0.0266. The van der Waals surface area contributed by atoms with E-state index >= 15 is 0 Å². The Bertz CT molecular complexity index is 691. The summed E-state index contributed by atoms with van der Waals surface area (Å²) in [4.78, 5) is 22.7. The summed E-state index contributed by atoms with van der Waals surface area (Å²) in [6.45, 7) is 0. The number of unbranched alkanes of at least 4 members (excludes halogenated alkanes) is 1. The van der Waals surface area contributed by atoms with Gasteiger partial charge >= 0.3 is 5.97 Å². The van der Waals surface area contributed by atoms with Gasteiger partial charge in [0.2, 0.25) is 0 Å². The summed E-state index contributed by atoms with van der Waals surface area (Å²) in [5, 5.41) is 8.61. The summed E-state index contributed by atoms with van der Waals surface area (Å²) >= 11 is 0. The quantitative estimate of drug-likeness (QED) is 0.586. The smallest absolute Gasteiger partial charge is 0.303 e. The van der Waals surface area contributed by atoms with Gasteiger partial charge in [-0.2, -0.15) is 0 Å². The predicted octanol–water partition coefficient (Wildman–Crippen LogP) is 4.19. The van der Waals surface area contributed by atoms with Gasteiger partial charge in [0.15, 0.2) is 5.78 Å². The van der Waals surface area contributed by atoms with E-state index in [4.69, 9.17) is 9.84 Å². The average Bonchev–Trinajstić information content (AvgIpc) is 2.58. The van der Waals surface area contributed by atoms with Crippen LogP contribution in [0, 0.1) is 0 Å². The summed E-state index contributed by atoms with van der Waals surface area (Å²) in [7, 11) is 1.62. The molecule has 0 heterocycles. The molecule has 23 heavy (non-hydrogen) atoms. The molecule has 0 saturated heterocycles. The molecule has 0 aromatic heterocycles. The Morgan fingerprint density at radius 2 is 1.74 bits per heavy atom. The minimum Gasteiger partial charge on any atom is -0.496 e. The average molecular weight is 312 g/mol. The van der Waals surface area contributed by atoms with Crippen molar-refractivity contribution in [3.63, 3.8) is 0 Å². The highest BCUT2D eigenvalue weighted by Gasteiger charge is 2.10. The number of rotatable bonds is 8. The monoisotopic (exact) mass is 312 g/mol. The lowest BCUT2D eigenvalue weighted by Gasteiger charge is -2.09. The van der Waals surface area contributed by atoms with Gasteiger partial charge in [0.05, 0.1) is 7.11 Å². The molecular formula is C19H20O4. The van der Waals surface area contributed by atoms with Crippen molar-refractivity contribution in [3.05, 3.63) is 54.1 Å². The number of carboxylic acid groups (broad SMARTS) is 1. The summed E-state index contributed by atoms with van der Waals surface area (Å²) in [6.07, 6.45) is 1.58. The predicted molar refractivity (Wildman–Crippen MR) is 88.9 cm³/mol. The van der Waals surface area contributed by atoms with Crippen LogP contribution >= 0.6 is 0 Å². The highest BCUT2D eigenvalue weighted by Crippen LogP contribution is 2.30. The van der Waals surface area contributed by atoms with Crippen LogP contribution in [0.2, 0.25) is 0 Å². The lowest BCUT2D eigenvalue weighted by Crippen LogP contribution is -2.01. The second kappa shape index (κ2) is 8.13. The summed E-state index contributed by atoms with van der Waals surface area (Å²) < 4.78 is 5.36. The molecule has 0 spiro atoms. The van der Waals surface area contributed by atoms with E-state index in [2.05, 4.69) is 0 Å². The van der Waals surface area contributed by atoms with Crippen LogP contribution in [0.15, 0.2) is 48.5 Å². The maximum atomic E-state index is 12.2.